The highest BCUT2D eigenvalue weighted by atomic mass is 35.5. The van der Waals surface area contributed by atoms with Gasteiger partial charge in [-0.15, -0.1) is 0 Å². The van der Waals surface area contributed by atoms with E-state index in [2.05, 4.69) is 29.0 Å². The molecule has 0 atom stereocenters. The summed E-state index contributed by atoms with van der Waals surface area (Å²) in [5, 5.41) is 3.87. The summed E-state index contributed by atoms with van der Waals surface area (Å²) in [5.74, 6) is 0.409. The van der Waals surface area contributed by atoms with E-state index in [1.165, 1.54) is 0 Å². The van der Waals surface area contributed by atoms with Crippen LogP contribution in [0.25, 0.3) is 11.1 Å². The third-order valence-corrected chi connectivity index (χ3v) is 5.86. The van der Waals surface area contributed by atoms with Crippen molar-refractivity contribution < 1.29 is 13.9 Å². The van der Waals surface area contributed by atoms with E-state index in [-0.39, 0.29) is 5.91 Å². The zero-order valence-electron chi connectivity index (χ0n) is 19.2. The average Bonchev–Trinajstić information content (AvgIpc) is 3.23. The number of carbonyl (C=O) groups excluding carboxylic acids is 1. The fraction of sp³-hybridized carbons (Fsp3) is 0.440. The first-order chi connectivity index (χ1) is 16.0. The van der Waals surface area contributed by atoms with Crippen LogP contribution < -0.4 is 5.32 Å². The van der Waals surface area contributed by atoms with Crippen molar-refractivity contribution in [3.05, 3.63) is 58.6 Å². The van der Waals surface area contributed by atoms with Crippen molar-refractivity contribution in [1.82, 2.24) is 14.8 Å². The number of hydrogen-bond donors (Lipinski definition) is 1. The highest BCUT2D eigenvalue weighted by Gasteiger charge is 2.20. The van der Waals surface area contributed by atoms with Gasteiger partial charge >= 0.3 is 0 Å². The van der Waals surface area contributed by atoms with Gasteiger partial charge in [-0.1, -0.05) is 37.6 Å². The molecule has 1 amide bonds. The molecule has 1 aromatic heterocycles. The van der Waals surface area contributed by atoms with Crippen LogP contribution in [-0.4, -0.2) is 66.6 Å². The van der Waals surface area contributed by atoms with Crippen molar-refractivity contribution in [2.45, 2.75) is 20.4 Å². The SMILES string of the molecule is CC(C)CN(CCN1CCOCC1)C(=O)c1ccc2oc(NCc3cccc(Cl)c3)nc2c1. The van der Waals surface area contributed by atoms with Crippen molar-refractivity contribution in [3.8, 4) is 0 Å². The average molecular weight is 471 g/mol. The van der Waals surface area contributed by atoms with Crippen molar-refractivity contribution in [2.24, 2.45) is 5.92 Å². The topological polar surface area (TPSA) is 70.8 Å². The Morgan fingerprint density at radius 3 is 2.79 bits per heavy atom. The van der Waals surface area contributed by atoms with Gasteiger partial charge in [0, 0.05) is 49.9 Å². The smallest absolute Gasteiger partial charge is 0.295 e. The number of hydrogen-bond acceptors (Lipinski definition) is 6. The number of fused-ring (bicyclic) bond motifs is 1. The second-order valence-electron chi connectivity index (χ2n) is 8.78. The molecule has 0 spiro atoms. The summed E-state index contributed by atoms with van der Waals surface area (Å²) in [5.41, 5.74) is 2.96. The quantitative estimate of drug-likeness (QED) is 0.495. The lowest BCUT2D eigenvalue weighted by molar-refractivity contribution is 0.0318. The fourth-order valence-electron chi connectivity index (χ4n) is 3.95. The van der Waals surface area contributed by atoms with Crippen LogP contribution in [0.4, 0.5) is 6.01 Å². The molecule has 4 rings (SSSR count). The van der Waals surface area contributed by atoms with Crippen LogP contribution in [0.2, 0.25) is 5.02 Å². The molecule has 7 nitrogen and oxygen atoms in total. The van der Waals surface area contributed by atoms with Gasteiger partial charge in [0.05, 0.1) is 13.2 Å². The molecule has 0 unspecified atom stereocenters. The molecule has 1 N–H and O–H groups in total. The molecule has 8 heteroatoms. The zero-order valence-corrected chi connectivity index (χ0v) is 20.0. The van der Waals surface area contributed by atoms with Crippen LogP contribution in [0.15, 0.2) is 46.9 Å². The molecule has 2 aromatic carbocycles. The Kier molecular flexibility index (Phi) is 7.85. The Morgan fingerprint density at radius 1 is 1.21 bits per heavy atom. The van der Waals surface area contributed by atoms with Crippen LogP contribution >= 0.6 is 11.6 Å². The molecule has 1 saturated heterocycles. The van der Waals surface area contributed by atoms with Gasteiger partial charge in [-0.25, -0.2) is 0 Å². The van der Waals surface area contributed by atoms with Crippen LogP contribution in [0.5, 0.6) is 0 Å². The monoisotopic (exact) mass is 470 g/mol. The predicted molar refractivity (Wildman–Crippen MR) is 131 cm³/mol. The maximum absolute atomic E-state index is 13.3. The van der Waals surface area contributed by atoms with E-state index in [1.54, 1.807) is 0 Å². The summed E-state index contributed by atoms with van der Waals surface area (Å²) in [4.78, 5) is 22.2. The number of aromatic nitrogens is 1. The lowest BCUT2D eigenvalue weighted by Gasteiger charge is -2.31. The Hall–Kier alpha value is -2.61. The van der Waals surface area contributed by atoms with Crippen LogP contribution in [0, 0.1) is 5.92 Å². The molecule has 0 radical (unpaired) electrons. The maximum Gasteiger partial charge on any atom is 0.295 e. The van der Waals surface area contributed by atoms with Gasteiger partial charge in [-0.2, -0.15) is 4.98 Å². The molecule has 176 valence electrons. The Bertz CT molecular complexity index is 1080. The summed E-state index contributed by atoms with van der Waals surface area (Å²) in [7, 11) is 0. The number of oxazole rings is 1. The zero-order chi connectivity index (χ0) is 23.2. The number of morpholine rings is 1. The molecule has 0 saturated carbocycles. The van der Waals surface area contributed by atoms with E-state index in [4.69, 9.17) is 20.8 Å². The molecule has 1 fully saturated rings. The largest absolute Gasteiger partial charge is 0.424 e. The summed E-state index contributed by atoms with van der Waals surface area (Å²) >= 11 is 6.05. The van der Waals surface area contributed by atoms with Gasteiger partial charge < -0.3 is 19.4 Å². The number of nitrogens with zero attached hydrogens (tertiary/aromatic N) is 3. The lowest BCUT2D eigenvalue weighted by atomic mass is 10.1. The third-order valence-electron chi connectivity index (χ3n) is 5.63. The number of ether oxygens (including phenoxy) is 1. The maximum atomic E-state index is 13.3. The van der Waals surface area contributed by atoms with Gasteiger partial charge in [-0.3, -0.25) is 9.69 Å². The number of halogens is 1. The number of nitrogens with one attached hydrogen (secondary N) is 1. The summed E-state index contributed by atoms with van der Waals surface area (Å²) in [6.07, 6.45) is 0. The van der Waals surface area contributed by atoms with Gasteiger partial charge in [0.15, 0.2) is 5.58 Å². The first-order valence-corrected chi connectivity index (χ1v) is 11.8. The number of amides is 1. The Morgan fingerprint density at radius 2 is 2.03 bits per heavy atom. The van der Waals surface area contributed by atoms with Crippen molar-refractivity contribution >= 4 is 34.6 Å². The molecule has 33 heavy (non-hydrogen) atoms. The number of carbonyl (C=O) groups is 1. The Labute approximate surface area is 199 Å². The van der Waals surface area contributed by atoms with Crippen LogP contribution in [0.3, 0.4) is 0 Å². The first-order valence-electron chi connectivity index (χ1n) is 11.5. The molecule has 3 aromatic rings. The minimum absolute atomic E-state index is 0.0234. The van der Waals surface area contributed by atoms with E-state index in [0.29, 0.717) is 53.3 Å². The summed E-state index contributed by atoms with van der Waals surface area (Å²) in [6, 6.07) is 13.5. The van der Waals surface area contributed by atoms with E-state index in [1.807, 2.05) is 47.4 Å². The van der Waals surface area contributed by atoms with Gasteiger partial charge in [0.2, 0.25) is 0 Å². The Balaban J connectivity index is 1.44. The standard InChI is InChI=1S/C25H31ClN4O3/c1-18(2)17-30(9-8-29-10-12-32-13-11-29)24(31)20-6-7-23-22(15-20)28-25(33-23)27-16-19-4-3-5-21(26)14-19/h3-7,14-15,18H,8-13,16-17H2,1-2H3,(H,27,28). The van der Waals surface area contributed by atoms with Crippen molar-refractivity contribution in [1.29, 1.82) is 0 Å². The minimum atomic E-state index is 0.0234. The normalized spacial score (nSPS) is 14.7. The van der Waals surface area contributed by atoms with Crippen LogP contribution in [0.1, 0.15) is 29.8 Å². The second-order valence-corrected chi connectivity index (χ2v) is 9.22. The van der Waals surface area contributed by atoms with Crippen molar-refractivity contribution in [2.75, 3.05) is 51.3 Å². The molecule has 0 bridgehead atoms. The molecule has 2 heterocycles. The number of benzene rings is 2. The molecular formula is C25H31ClN4O3. The summed E-state index contributed by atoms with van der Waals surface area (Å²) < 4.78 is 11.2. The highest BCUT2D eigenvalue weighted by Crippen LogP contribution is 2.22. The number of anilines is 1. The molecule has 0 aliphatic carbocycles. The second kappa shape index (κ2) is 11.0. The summed E-state index contributed by atoms with van der Waals surface area (Å²) in [6.45, 7) is 10.4. The van der Waals surface area contributed by atoms with E-state index >= 15 is 0 Å². The van der Waals surface area contributed by atoms with Crippen molar-refractivity contribution in [3.63, 3.8) is 0 Å². The fourth-order valence-corrected chi connectivity index (χ4v) is 4.16. The van der Waals surface area contributed by atoms with Gasteiger partial charge in [0.25, 0.3) is 11.9 Å². The molecular weight excluding hydrogens is 440 g/mol. The molecule has 1 aliphatic rings. The molecule has 1 aliphatic heterocycles. The van der Waals surface area contributed by atoms with E-state index < -0.39 is 0 Å². The third kappa shape index (κ3) is 6.47. The van der Waals surface area contributed by atoms with E-state index in [9.17, 15) is 4.79 Å². The highest BCUT2D eigenvalue weighted by molar-refractivity contribution is 6.30. The van der Waals surface area contributed by atoms with E-state index in [0.717, 1.165) is 38.4 Å². The minimum Gasteiger partial charge on any atom is -0.424 e. The lowest BCUT2D eigenvalue weighted by Crippen LogP contribution is -2.44. The van der Waals surface area contributed by atoms with Gasteiger partial charge in [0.1, 0.15) is 5.52 Å². The predicted octanol–water partition coefficient (Wildman–Crippen LogP) is 4.52. The van der Waals surface area contributed by atoms with Crippen LogP contribution in [-0.2, 0) is 11.3 Å². The van der Waals surface area contributed by atoms with Gasteiger partial charge in [-0.05, 0) is 41.8 Å². The number of rotatable bonds is 9. The first kappa shape index (κ1) is 23.5.